The van der Waals surface area contributed by atoms with Crippen molar-refractivity contribution in [3.63, 3.8) is 0 Å². The van der Waals surface area contributed by atoms with Gasteiger partial charge in [-0.25, -0.2) is 8.78 Å². The number of Topliss-reactive ketones (excluding diaryl/α,β-unsaturated/α-hetero) is 1. The zero-order chi connectivity index (χ0) is 14.7. The van der Waals surface area contributed by atoms with Crippen LogP contribution in [-0.4, -0.2) is 12.9 Å². The predicted octanol–water partition coefficient (Wildman–Crippen LogP) is 4.16. The maximum Gasteiger partial charge on any atom is 0.173 e. The van der Waals surface area contributed by atoms with E-state index in [1.165, 1.54) is 13.2 Å². The molecule has 0 atom stereocenters. The Morgan fingerprint density at radius 1 is 1.20 bits per heavy atom. The number of rotatable bonds is 4. The molecule has 20 heavy (non-hydrogen) atoms. The van der Waals surface area contributed by atoms with Gasteiger partial charge in [-0.15, -0.1) is 0 Å². The summed E-state index contributed by atoms with van der Waals surface area (Å²) in [5, 5.41) is 0. The van der Waals surface area contributed by atoms with E-state index in [-0.39, 0.29) is 22.2 Å². The van der Waals surface area contributed by atoms with Gasteiger partial charge in [0.15, 0.2) is 17.4 Å². The van der Waals surface area contributed by atoms with Gasteiger partial charge in [0, 0.05) is 17.5 Å². The van der Waals surface area contributed by atoms with Crippen molar-refractivity contribution in [3.05, 3.63) is 63.6 Å². The van der Waals surface area contributed by atoms with Crippen molar-refractivity contribution in [1.82, 2.24) is 0 Å². The van der Waals surface area contributed by atoms with Gasteiger partial charge in [-0.1, -0.05) is 18.2 Å². The molecule has 0 bridgehead atoms. The van der Waals surface area contributed by atoms with Gasteiger partial charge in [-0.2, -0.15) is 0 Å². The maximum absolute atomic E-state index is 13.4. The Hall–Kier alpha value is -1.75. The smallest absolute Gasteiger partial charge is 0.173 e. The van der Waals surface area contributed by atoms with E-state index in [2.05, 4.69) is 15.9 Å². The summed E-state index contributed by atoms with van der Waals surface area (Å²) in [6, 6.07) is 9.27. The van der Waals surface area contributed by atoms with Gasteiger partial charge in [0.2, 0.25) is 0 Å². The first-order valence-electron chi connectivity index (χ1n) is 5.83. The molecule has 0 amide bonds. The standard InChI is InChI=1S/C15H11BrF2O2/c1-20-13-5-3-2-4-9(13)8-12(19)10-6-7-11(17)15(18)14(10)16/h2-7H,8H2,1H3. The number of methoxy groups -OCH3 is 1. The summed E-state index contributed by atoms with van der Waals surface area (Å²) < 4.78 is 31.5. The summed E-state index contributed by atoms with van der Waals surface area (Å²) in [6.45, 7) is 0. The molecule has 104 valence electrons. The zero-order valence-corrected chi connectivity index (χ0v) is 12.2. The topological polar surface area (TPSA) is 26.3 Å². The molecule has 2 rings (SSSR count). The highest BCUT2D eigenvalue weighted by atomic mass is 79.9. The number of ketones is 1. The molecule has 0 unspecified atom stereocenters. The molecule has 0 aliphatic heterocycles. The van der Waals surface area contributed by atoms with E-state index in [1.807, 2.05) is 0 Å². The highest BCUT2D eigenvalue weighted by Gasteiger charge is 2.18. The van der Waals surface area contributed by atoms with Gasteiger partial charge in [0.25, 0.3) is 0 Å². The Kier molecular flexibility index (Phi) is 4.49. The lowest BCUT2D eigenvalue weighted by atomic mass is 10.0. The molecule has 0 heterocycles. The quantitative estimate of drug-likeness (QED) is 0.617. The number of benzene rings is 2. The third-order valence-electron chi connectivity index (χ3n) is 2.88. The van der Waals surface area contributed by atoms with Crippen molar-refractivity contribution >= 4 is 21.7 Å². The molecule has 0 spiro atoms. The maximum atomic E-state index is 13.4. The molecule has 0 aliphatic carbocycles. The molecule has 2 aromatic carbocycles. The molecule has 0 saturated heterocycles. The minimum absolute atomic E-state index is 0.0493. The summed E-state index contributed by atoms with van der Waals surface area (Å²) in [5.74, 6) is -1.79. The van der Waals surface area contributed by atoms with Crippen LogP contribution in [0.4, 0.5) is 8.78 Å². The van der Waals surface area contributed by atoms with E-state index in [1.54, 1.807) is 24.3 Å². The van der Waals surface area contributed by atoms with E-state index in [4.69, 9.17) is 4.74 Å². The number of para-hydroxylation sites is 1. The minimum Gasteiger partial charge on any atom is -0.496 e. The van der Waals surface area contributed by atoms with Crippen LogP contribution in [0.2, 0.25) is 0 Å². The van der Waals surface area contributed by atoms with Crippen molar-refractivity contribution in [2.45, 2.75) is 6.42 Å². The fraction of sp³-hybridized carbons (Fsp3) is 0.133. The van der Waals surface area contributed by atoms with Gasteiger partial charge in [0.05, 0.1) is 11.6 Å². The molecule has 2 aromatic rings. The van der Waals surface area contributed by atoms with Crippen molar-refractivity contribution < 1.29 is 18.3 Å². The van der Waals surface area contributed by atoms with Crippen LogP contribution in [0, 0.1) is 11.6 Å². The fourth-order valence-electron chi connectivity index (χ4n) is 1.86. The van der Waals surface area contributed by atoms with Crippen molar-refractivity contribution in [2.24, 2.45) is 0 Å². The van der Waals surface area contributed by atoms with Gasteiger partial charge in [-0.3, -0.25) is 4.79 Å². The Labute approximate surface area is 123 Å². The van der Waals surface area contributed by atoms with Crippen LogP contribution >= 0.6 is 15.9 Å². The van der Waals surface area contributed by atoms with Crippen LogP contribution in [0.1, 0.15) is 15.9 Å². The highest BCUT2D eigenvalue weighted by molar-refractivity contribution is 9.10. The predicted molar refractivity (Wildman–Crippen MR) is 75.1 cm³/mol. The fourth-order valence-corrected chi connectivity index (χ4v) is 2.40. The van der Waals surface area contributed by atoms with Gasteiger partial charge < -0.3 is 4.74 Å². The number of ether oxygens (including phenoxy) is 1. The van der Waals surface area contributed by atoms with E-state index in [0.717, 1.165) is 6.07 Å². The Balaban J connectivity index is 2.31. The second kappa shape index (κ2) is 6.13. The molecule has 0 N–H and O–H groups in total. The second-order valence-electron chi connectivity index (χ2n) is 4.13. The molecule has 0 saturated carbocycles. The lowest BCUT2D eigenvalue weighted by molar-refractivity contribution is 0.0990. The largest absolute Gasteiger partial charge is 0.496 e. The zero-order valence-electron chi connectivity index (χ0n) is 10.6. The molecule has 0 fully saturated rings. The third kappa shape index (κ3) is 2.88. The van der Waals surface area contributed by atoms with Gasteiger partial charge in [-0.05, 0) is 34.1 Å². The van der Waals surface area contributed by atoms with Crippen LogP contribution in [0.3, 0.4) is 0 Å². The molecule has 0 aliphatic rings. The Bertz CT molecular complexity index is 656. The van der Waals surface area contributed by atoms with Crippen LogP contribution in [0.5, 0.6) is 5.75 Å². The van der Waals surface area contributed by atoms with E-state index in [0.29, 0.717) is 11.3 Å². The normalized spacial score (nSPS) is 10.4. The Morgan fingerprint density at radius 2 is 1.90 bits per heavy atom. The van der Waals surface area contributed by atoms with E-state index in [9.17, 15) is 13.6 Å². The summed E-state index contributed by atoms with van der Waals surface area (Å²) in [7, 11) is 1.51. The summed E-state index contributed by atoms with van der Waals surface area (Å²) >= 11 is 2.91. The number of hydrogen-bond donors (Lipinski definition) is 0. The second-order valence-corrected chi connectivity index (χ2v) is 4.93. The molecule has 2 nitrogen and oxygen atoms in total. The first kappa shape index (κ1) is 14.7. The summed E-state index contributed by atoms with van der Waals surface area (Å²) in [4.78, 5) is 12.2. The van der Waals surface area contributed by atoms with Crippen LogP contribution in [0.15, 0.2) is 40.9 Å². The highest BCUT2D eigenvalue weighted by Crippen LogP contribution is 2.26. The average molecular weight is 341 g/mol. The number of carbonyl (C=O) groups is 1. The van der Waals surface area contributed by atoms with E-state index >= 15 is 0 Å². The van der Waals surface area contributed by atoms with Crippen LogP contribution < -0.4 is 4.74 Å². The van der Waals surface area contributed by atoms with Gasteiger partial charge >= 0.3 is 0 Å². The number of hydrogen-bond acceptors (Lipinski definition) is 2. The van der Waals surface area contributed by atoms with Crippen LogP contribution in [-0.2, 0) is 6.42 Å². The van der Waals surface area contributed by atoms with Crippen molar-refractivity contribution in [2.75, 3.05) is 7.11 Å². The first-order valence-corrected chi connectivity index (χ1v) is 6.62. The summed E-state index contributed by atoms with van der Waals surface area (Å²) in [5.41, 5.74) is 0.798. The molecular formula is C15H11BrF2O2. The number of halogens is 3. The minimum atomic E-state index is -1.06. The Morgan fingerprint density at radius 3 is 2.60 bits per heavy atom. The monoisotopic (exact) mass is 340 g/mol. The lowest BCUT2D eigenvalue weighted by Crippen LogP contribution is -2.07. The average Bonchev–Trinajstić information content (AvgIpc) is 2.45. The molecule has 5 heteroatoms. The molecule has 0 aromatic heterocycles. The van der Waals surface area contributed by atoms with E-state index < -0.39 is 11.6 Å². The van der Waals surface area contributed by atoms with Gasteiger partial charge in [0.1, 0.15) is 5.75 Å². The molecule has 0 radical (unpaired) electrons. The van der Waals surface area contributed by atoms with Crippen LogP contribution in [0.25, 0.3) is 0 Å². The van der Waals surface area contributed by atoms with Crippen molar-refractivity contribution in [1.29, 1.82) is 0 Å². The summed E-state index contributed by atoms with van der Waals surface area (Å²) in [6.07, 6.45) is 0.0493. The SMILES string of the molecule is COc1ccccc1CC(=O)c1ccc(F)c(F)c1Br. The molecular weight excluding hydrogens is 330 g/mol. The third-order valence-corrected chi connectivity index (χ3v) is 3.65. The number of carbonyl (C=O) groups excluding carboxylic acids is 1. The van der Waals surface area contributed by atoms with Crippen molar-refractivity contribution in [3.8, 4) is 5.75 Å². The lowest BCUT2D eigenvalue weighted by Gasteiger charge is -2.09. The first-order chi connectivity index (χ1) is 9.54.